The molecule has 1 aliphatic heterocycles. The number of carbonyl (C=O) groups excluding carboxylic acids is 3. The molecule has 2 aromatic carbocycles. The summed E-state index contributed by atoms with van der Waals surface area (Å²) in [5.41, 5.74) is 3.21. The lowest BCUT2D eigenvalue weighted by Gasteiger charge is -2.21. The smallest absolute Gasteiger partial charge is 0.322 e. The Morgan fingerprint density at radius 3 is 2.65 bits per heavy atom. The fourth-order valence-corrected chi connectivity index (χ4v) is 3.57. The van der Waals surface area contributed by atoms with E-state index in [1.54, 1.807) is 31.2 Å². The van der Waals surface area contributed by atoms with Crippen molar-refractivity contribution in [3.8, 4) is 0 Å². The van der Waals surface area contributed by atoms with Gasteiger partial charge in [0.2, 0.25) is 0 Å². The molecule has 1 aliphatic carbocycles. The molecule has 4 rings (SSSR count). The fourth-order valence-electron chi connectivity index (χ4n) is 3.57. The average Bonchev–Trinajstić information content (AvgIpc) is 3.19. The van der Waals surface area contributed by atoms with Crippen molar-refractivity contribution in [1.29, 1.82) is 0 Å². The Balaban J connectivity index is 1.57. The van der Waals surface area contributed by atoms with Gasteiger partial charge in [-0.2, -0.15) is 0 Å². The lowest BCUT2D eigenvalue weighted by molar-refractivity contribution is -0.123. The maximum absolute atomic E-state index is 12.6. The number of anilines is 1. The van der Waals surface area contributed by atoms with E-state index >= 15 is 0 Å². The van der Waals surface area contributed by atoms with Crippen LogP contribution in [0, 0.1) is 0 Å². The van der Waals surface area contributed by atoms with Gasteiger partial charge < -0.3 is 10.6 Å². The molecular weight excluding hydrogens is 330 g/mol. The molecule has 2 aromatic rings. The predicted octanol–water partition coefficient (Wildman–Crippen LogP) is 2.48. The standard InChI is InChI=1S/C20H19N3O3/c1-20(18(25)22-19(26)23-20)15-6-3-7-16(11-15)21-17(24)14-9-8-12-4-2-5-13(12)10-14/h3,6-11H,2,4-5H2,1H3,(H,21,24)(H2,22,23,25,26)/t20-/m0/s1. The summed E-state index contributed by atoms with van der Waals surface area (Å²) in [6.07, 6.45) is 3.22. The highest BCUT2D eigenvalue weighted by Crippen LogP contribution is 2.27. The number of urea groups is 1. The molecule has 0 spiro atoms. The van der Waals surface area contributed by atoms with E-state index in [9.17, 15) is 14.4 Å². The minimum atomic E-state index is -1.15. The van der Waals surface area contributed by atoms with Gasteiger partial charge >= 0.3 is 6.03 Å². The van der Waals surface area contributed by atoms with Crippen LogP contribution in [0.3, 0.4) is 0 Å². The first-order chi connectivity index (χ1) is 12.5. The van der Waals surface area contributed by atoms with Crippen LogP contribution in [0.1, 0.15) is 40.4 Å². The predicted molar refractivity (Wildman–Crippen MR) is 96.9 cm³/mol. The highest BCUT2D eigenvalue weighted by Gasteiger charge is 2.43. The van der Waals surface area contributed by atoms with E-state index in [4.69, 9.17) is 0 Å². The molecule has 1 heterocycles. The van der Waals surface area contributed by atoms with Gasteiger partial charge in [0.15, 0.2) is 0 Å². The molecule has 3 N–H and O–H groups in total. The molecule has 1 fully saturated rings. The number of carbonyl (C=O) groups is 3. The number of rotatable bonds is 3. The largest absolute Gasteiger partial charge is 0.322 e. The monoisotopic (exact) mass is 349 g/mol. The quantitative estimate of drug-likeness (QED) is 0.744. The van der Waals surface area contributed by atoms with E-state index in [1.807, 2.05) is 18.2 Å². The number of hydrogen-bond acceptors (Lipinski definition) is 3. The molecule has 0 saturated carbocycles. The molecule has 0 radical (unpaired) electrons. The van der Waals surface area contributed by atoms with Gasteiger partial charge in [0.1, 0.15) is 5.54 Å². The summed E-state index contributed by atoms with van der Waals surface area (Å²) < 4.78 is 0. The summed E-state index contributed by atoms with van der Waals surface area (Å²) in [6.45, 7) is 1.63. The van der Waals surface area contributed by atoms with Crippen LogP contribution in [0.15, 0.2) is 42.5 Å². The third-order valence-corrected chi connectivity index (χ3v) is 5.10. The number of nitrogens with one attached hydrogen (secondary N) is 3. The average molecular weight is 349 g/mol. The number of imide groups is 1. The van der Waals surface area contributed by atoms with Gasteiger partial charge in [-0.15, -0.1) is 0 Å². The van der Waals surface area contributed by atoms with Crippen LogP contribution in [0.25, 0.3) is 0 Å². The summed E-state index contributed by atoms with van der Waals surface area (Å²) in [5, 5.41) is 7.74. The first-order valence-corrected chi connectivity index (χ1v) is 8.63. The van der Waals surface area contributed by atoms with Gasteiger partial charge in [0.25, 0.3) is 11.8 Å². The van der Waals surface area contributed by atoms with Crippen molar-refractivity contribution >= 4 is 23.5 Å². The van der Waals surface area contributed by atoms with Crippen LogP contribution in [0.4, 0.5) is 10.5 Å². The van der Waals surface area contributed by atoms with Crippen LogP contribution in [0.2, 0.25) is 0 Å². The van der Waals surface area contributed by atoms with E-state index in [-0.39, 0.29) is 5.91 Å². The van der Waals surface area contributed by atoms with Crippen LogP contribution < -0.4 is 16.0 Å². The zero-order valence-electron chi connectivity index (χ0n) is 14.4. The van der Waals surface area contributed by atoms with Gasteiger partial charge in [0.05, 0.1) is 0 Å². The third kappa shape index (κ3) is 2.73. The second-order valence-corrected chi connectivity index (χ2v) is 6.91. The molecule has 0 aromatic heterocycles. The molecule has 0 unspecified atom stereocenters. The summed E-state index contributed by atoms with van der Waals surface area (Å²) in [5.74, 6) is -0.605. The van der Waals surface area contributed by atoms with Crippen molar-refractivity contribution in [3.05, 3.63) is 64.7 Å². The molecule has 1 saturated heterocycles. The van der Waals surface area contributed by atoms with Crippen molar-refractivity contribution in [2.75, 3.05) is 5.32 Å². The van der Waals surface area contributed by atoms with Crippen molar-refractivity contribution in [1.82, 2.24) is 10.6 Å². The van der Waals surface area contributed by atoms with E-state index in [0.717, 1.165) is 19.3 Å². The van der Waals surface area contributed by atoms with Crippen molar-refractivity contribution < 1.29 is 14.4 Å². The van der Waals surface area contributed by atoms with Crippen molar-refractivity contribution in [2.45, 2.75) is 31.7 Å². The van der Waals surface area contributed by atoms with Gasteiger partial charge in [-0.3, -0.25) is 14.9 Å². The van der Waals surface area contributed by atoms with E-state index < -0.39 is 17.5 Å². The van der Waals surface area contributed by atoms with Gasteiger partial charge in [-0.1, -0.05) is 18.2 Å². The first-order valence-electron chi connectivity index (χ1n) is 8.63. The maximum atomic E-state index is 12.6. The highest BCUT2D eigenvalue weighted by molar-refractivity contribution is 6.07. The third-order valence-electron chi connectivity index (χ3n) is 5.10. The maximum Gasteiger partial charge on any atom is 0.322 e. The van der Waals surface area contributed by atoms with Crippen molar-refractivity contribution in [2.24, 2.45) is 0 Å². The van der Waals surface area contributed by atoms with Crippen molar-refractivity contribution in [3.63, 3.8) is 0 Å². The summed E-state index contributed by atoms with van der Waals surface area (Å²) >= 11 is 0. The topological polar surface area (TPSA) is 87.3 Å². The Hall–Kier alpha value is -3.15. The molecule has 132 valence electrons. The van der Waals surface area contributed by atoms with E-state index in [2.05, 4.69) is 16.0 Å². The number of benzene rings is 2. The zero-order valence-corrected chi connectivity index (χ0v) is 14.4. The molecule has 1 atom stereocenters. The number of hydrogen-bond donors (Lipinski definition) is 3. The zero-order chi connectivity index (χ0) is 18.3. The molecule has 0 bridgehead atoms. The minimum Gasteiger partial charge on any atom is -0.322 e. The van der Waals surface area contributed by atoms with Crippen LogP contribution >= 0.6 is 0 Å². The Morgan fingerprint density at radius 1 is 1.08 bits per heavy atom. The first kappa shape index (κ1) is 16.3. The van der Waals surface area contributed by atoms with Crippen LogP contribution in [-0.2, 0) is 23.2 Å². The number of fused-ring (bicyclic) bond motifs is 1. The van der Waals surface area contributed by atoms with Gasteiger partial charge in [0, 0.05) is 11.3 Å². The van der Waals surface area contributed by atoms with Crippen LogP contribution in [-0.4, -0.2) is 17.8 Å². The highest BCUT2D eigenvalue weighted by atomic mass is 16.2. The lowest BCUT2D eigenvalue weighted by atomic mass is 9.92. The lowest BCUT2D eigenvalue weighted by Crippen LogP contribution is -2.40. The summed E-state index contributed by atoms with van der Waals surface area (Å²) in [6, 6.07) is 12.2. The Labute approximate surface area is 151 Å². The summed E-state index contributed by atoms with van der Waals surface area (Å²) in [4.78, 5) is 36.1. The molecule has 26 heavy (non-hydrogen) atoms. The molecule has 4 amide bonds. The molecule has 6 heteroatoms. The Bertz CT molecular complexity index is 938. The second-order valence-electron chi connectivity index (χ2n) is 6.91. The Morgan fingerprint density at radius 2 is 1.88 bits per heavy atom. The molecule has 2 aliphatic rings. The van der Waals surface area contributed by atoms with Gasteiger partial charge in [-0.05, 0) is 67.1 Å². The Kier molecular flexibility index (Phi) is 3.76. The fraction of sp³-hybridized carbons (Fsp3) is 0.250. The number of aryl methyl sites for hydroxylation is 2. The molecule has 6 nitrogen and oxygen atoms in total. The summed E-state index contributed by atoms with van der Waals surface area (Å²) in [7, 11) is 0. The van der Waals surface area contributed by atoms with E-state index in [0.29, 0.717) is 16.8 Å². The SMILES string of the molecule is C[C@@]1(c2cccc(NC(=O)c3ccc4c(c3)CCC4)c2)NC(=O)NC1=O. The number of amides is 4. The minimum absolute atomic E-state index is 0.193. The molecular formula is C20H19N3O3. The van der Waals surface area contributed by atoms with E-state index in [1.165, 1.54) is 11.1 Å². The second kappa shape index (κ2) is 5.98. The van der Waals surface area contributed by atoms with Crippen LogP contribution in [0.5, 0.6) is 0 Å². The van der Waals surface area contributed by atoms with Gasteiger partial charge in [-0.25, -0.2) is 4.79 Å². The normalized spacial score (nSPS) is 21.1.